The van der Waals surface area contributed by atoms with E-state index in [0.29, 0.717) is 0 Å². The lowest BCUT2D eigenvalue weighted by atomic mass is 9.91. The molecule has 2 rings (SSSR count). The molecule has 0 heteroatoms. The molecule has 2 aromatic carbocycles. The molecular formula is C19H24. The van der Waals surface area contributed by atoms with E-state index in [0.717, 1.165) is 6.42 Å². The van der Waals surface area contributed by atoms with E-state index in [1.165, 1.54) is 47.9 Å². The quantitative estimate of drug-likeness (QED) is 0.623. The van der Waals surface area contributed by atoms with Crippen LogP contribution in [0, 0.1) is 0 Å². The van der Waals surface area contributed by atoms with Crippen LogP contribution in [0.3, 0.4) is 0 Å². The van der Waals surface area contributed by atoms with E-state index in [4.69, 9.17) is 0 Å². The van der Waals surface area contributed by atoms with Crippen LogP contribution in [-0.4, -0.2) is 0 Å². The first-order valence-electron chi connectivity index (χ1n) is 7.53. The summed E-state index contributed by atoms with van der Waals surface area (Å²) in [7, 11) is 0. The third-order valence-electron chi connectivity index (χ3n) is 3.64. The second kappa shape index (κ2) is 7.13. The van der Waals surface area contributed by atoms with Crippen LogP contribution in [0.5, 0.6) is 0 Å². The molecule has 0 aliphatic carbocycles. The van der Waals surface area contributed by atoms with Crippen molar-refractivity contribution in [3.8, 4) is 11.1 Å². The van der Waals surface area contributed by atoms with E-state index >= 15 is 0 Å². The molecule has 0 heterocycles. The van der Waals surface area contributed by atoms with Gasteiger partial charge < -0.3 is 0 Å². The summed E-state index contributed by atoms with van der Waals surface area (Å²) in [5, 5.41) is 0. The maximum absolute atomic E-state index is 2.29. The Kier molecular flexibility index (Phi) is 5.20. The summed E-state index contributed by atoms with van der Waals surface area (Å²) in [6.45, 7) is 4.51. The van der Waals surface area contributed by atoms with Crippen LogP contribution in [-0.2, 0) is 12.8 Å². The van der Waals surface area contributed by atoms with E-state index in [2.05, 4.69) is 62.4 Å². The Balaban J connectivity index is 2.40. The Morgan fingerprint density at radius 1 is 0.632 bits per heavy atom. The monoisotopic (exact) mass is 252 g/mol. The molecule has 19 heavy (non-hydrogen) atoms. The zero-order chi connectivity index (χ0) is 13.5. The van der Waals surface area contributed by atoms with Gasteiger partial charge in [-0.15, -0.1) is 0 Å². The van der Waals surface area contributed by atoms with Gasteiger partial charge in [0.05, 0.1) is 0 Å². The van der Waals surface area contributed by atoms with E-state index in [-0.39, 0.29) is 0 Å². The highest BCUT2D eigenvalue weighted by Gasteiger charge is 2.07. The van der Waals surface area contributed by atoms with Gasteiger partial charge in [0.25, 0.3) is 0 Å². The molecule has 0 unspecified atom stereocenters. The van der Waals surface area contributed by atoms with Gasteiger partial charge in [0.15, 0.2) is 0 Å². The molecule has 0 spiro atoms. The van der Waals surface area contributed by atoms with Crippen LogP contribution >= 0.6 is 0 Å². The molecule has 0 saturated carbocycles. The third kappa shape index (κ3) is 3.47. The average Bonchev–Trinajstić information content (AvgIpc) is 2.46. The molecule has 0 N–H and O–H groups in total. The van der Waals surface area contributed by atoms with Gasteiger partial charge in [-0.05, 0) is 41.5 Å². The molecule has 0 aromatic heterocycles. The van der Waals surface area contributed by atoms with Gasteiger partial charge in [0.2, 0.25) is 0 Å². The first-order chi connectivity index (χ1) is 9.36. The smallest absolute Gasteiger partial charge is 0.0149 e. The first kappa shape index (κ1) is 13.9. The van der Waals surface area contributed by atoms with Crippen molar-refractivity contribution in [2.45, 2.75) is 46.0 Å². The Labute approximate surface area is 117 Å². The second-order valence-corrected chi connectivity index (χ2v) is 5.17. The summed E-state index contributed by atoms with van der Waals surface area (Å²) >= 11 is 0. The average molecular weight is 252 g/mol. The minimum atomic E-state index is 1.16. The van der Waals surface area contributed by atoms with Crippen molar-refractivity contribution in [2.75, 3.05) is 0 Å². The zero-order valence-electron chi connectivity index (χ0n) is 12.2. The van der Waals surface area contributed by atoms with Gasteiger partial charge in [-0.1, -0.05) is 75.2 Å². The third-order valence-corrected chi connectivity index (χ3v) is 3.64. The number of rotatable bonds is 6. The molecule has 0 atom stereocenters. The topological polar surface area (TPSA) is 0 Å². The fraction of sp³-hybridized carbons (Fsp3) is 0.368. The van der Waals surface area contributed by atoms with E-state index in [1.807, 2.05) is 0 Å². The van der Waals surface area contributed by atoms with Crippen molar-refractivity contribution in [1.29, 1.82) is 0 Å². The summed E-state index contributed by atoms with van der Waals surface area (Å²) < 4.78 is 0. The Morgan fingerprint density at radius 3 is 1.68 bits per heavy atom. The first-order valence-corrected chi connectivity index (χ1v) is 7.53. The minimum absolute atomic E-state index is 1.16. The maximum Gasteiger partial charge on any atom is -0.0149 e. The number of hydrogen-bond donors (Lipinski definition) is 0. The molecule has 0 aliphatic heterocycles. The Morgan fingerprint density at radius 2 is 1.16 bits per heavy atom. The summed E-state index contributed by atoms with van der Waals surface area (Å²) in [5.41, 5.74) is 5.83. The Bertz CT molecular complexity index is 511. The van der Waals surface area contributed by atoms with Crippen LogP contribution in [0.1, 0.15) is 44.2 Å². The van der Waals surface area contributed by atoms with Crippen molar-refractivity contribution >= 4 is 0 Å². The molecule has 0 fully saturated rings. The lowest BCUT2D eigenvalue weighted by Crippen LogP contribution is -1.94. The predicted octanol–water partition coefficient (Wildman–Crippen LogP) is 5.65. The largest absolute Gasteiger partial charge is 0.0654 e. The normalized spacial score (nSPS) is 10.6. The van der Waals surface area contributed by atoms with Crippen LogP contribution in [0.4, 0.5) is 0 Å². The van der Waals surface area contributed by atoms with Gasteiger partial charge >= 0.3 is 0 Å². The van der Waals surface area contributed by atoms with Crippen molar-refractivity contribution in [3.63, 3.8) is 0 Å². The van der Waals surface area contributed by atoms with Gasteiger partial charge in [-0.3, -0.25) is 0 Å². The highest BCUT2D eigenvalue weighted by molar-refractivity contribution is 5.70. The van der Waals surface area contributed by atoms with Gasteiger partial charge in [-0.25, -0.2) is 0 Å². The maximum atomic E-state index is 2.29. The fourth-order valence-corrected chi connectivity index (χ4v) is 2.64. The highest BCUT2D eigenvalue weighted by atomic mass is 14.1. The lowest BCUT2D eigenvalue weighted by molar-refractivity contribution is 0.796. The highest BCUT2D eigenvalue weighted by Crippen LogP contribution is 2.28. The minimum Gasteiger partial charge on any atom is -0.0654 e. The SMILES string of the molecule is CCCCc1ccccc1-c1ccccc1CCC. The molecule has 0 nitrogen and oxygen atoms in total. The molecule has 0 amide bonds. The van der Waals surface area contributed by atoms with Crippen molar-refractivity contribution in [2.24, 2.45) is 0 Å². The molecule has 0 radical (unpaired) electrons. The molecule has 0 bridgehead atoms. The summed E-state index contributed by atoms with van der Waals surface area (Å²) in [6, 6.07) is 17.7. The van der Waals surface area contributed by atoms with E-state index in [9.17, 15) is 0 Å². The fourth-order valence-electron chi connectivity index (χ4n) is 2.64. The second-order valence-electron chi connectivity index (χ2n) is 5.17. The van der Waals surface area contributed by atoms with Crippen LogP contribution in [0.15, 0.2) is 48.5 Å². The van der Waals surface area contributed by atoms with Crippen LogP contribution in [0.2, 0.25) is 0 Å². The molecule has 0 saturated heterocycles. The molecular weight excluding hydrogens is 228 g/mol. The Hall–Kier alpha value is -1.56. The van der Waals surface area contributed by atoms with Crippen LogP contribution in [0.25, 0.3) is 11.1 Å². The van der Waals surface area contributed by atoms with Crippen molar-refractivity contribution < 1.29 is 0 Å². The van der Waals surface area contributed by atoms with Gasteiger partial charge in [0, 0.05) is 0 Å². The standard InChI is InChI=1S/C19H24/c1-3-5-11-17-13-7-9-15-19(17)18-14-8-6-12-16(18)10-4-2/h6-9,12-15H,3-5,10-11H2,1-2H3. The van der Waals surface area contributed by atoms with E-state index < -0.39 is 0 Å². The number of benzene rings is 2. The molecule has 2 aromatic rings. The van der Waals surface area contributed by atoms with Crippen molar-refractivity contribution in [1.82, 2.24) is 0 Å². The predicted molar refractivity (Wildman–Crippen MR) is 84.5 cm³/mol. The van der Waals surface area contributed by atoms with Gasteiger partial charge in [-0.2, -0.15) is 0 Å². The van der Waals surface area contributed by atoms with E-state index in [1.54, 1.807) is 0 Å². The van der Waals surface area contributed by atoms with Gasteiger partial charge in [0.1, 0.15) is 0 Å². The zero-order valence-corrected chi connectivity index (χ0v) is 12.2. The number of aryl methyl sites for hydroxylation is 2. The van der Waals surface area contributed by atoms with Crippen molar-refractivity contribution in [3.05, 3.63) is 59.7 Å². The lowest BCUT2D eigenvalue weighted by Gasteiger charge is -2.13. The number of hydrogen-bond acceptors (Lipinski definition) is 0. The van der Waals surface area contributed by atoms with Crippen LogP contribution < -0.4 is 0 Å². The summed E-state index contributed by atoms with van der Waals surface area (Å²) in [5.74, 6) is 0. The molecule has 0 aliphatic rings. The number of unbranched alkanes of at least 4 members (excludes halogenated alkanes) is 1. The summed E-state index contributed by atoms with van der Waals surface area (Å²) in [4.78, 5) is 0. The molecule has 100 valence electrons. The summed E-state index contributed by atoms with van der Waals surface area (Å²) in [6.07, 6.45) is 6.08.